The van der Waals surface area contributed by atoms with Crippen molar-refractivity contribution in [3.8, 4) is 11.8 Å². The summed E-state index contributed by atoms with van der Waals surface area (Å²) in [5.41, 5.74) is 3.96. The summed E-state index contributed by atoms with van der Waals surface area (Å²) in [4.78, 5) is 0.255. The molecule has 3 rings (SSSR count). The Morgan fingerprint density at radius 1 is 0.857 bits per heavy atom. The Morgan fingerprint density at radius 2 is 1.50 bits per heavy atom. The first-order chi connectivity index (χ1) is 13.5. The van der Waals surface area contributed by atoms with Crippen LogP contribution < -0.4 is 4.72 Å². The second-order valence-corrected chi connectivity index (χ2v) is 8.43. The number of hydrogen-bond donors (Lipinski definition) is 1. The van der Waals surface area contributed by atoms with E-state index in [2.05, 4.69) is 16.6 Å². The lowest BCUT2D eigenvalue weighted by atomic mass is 10.0. The topological polar surface area (TPSA) is 46.2 Å². The standard InChI is InChI=1S/C24H23NO2S/c1-19-15-17-23(18-16-19)28(26,27)25-24(22-11-4-3-5-12-22)14-8-13-21-10-7-6-9-20(21)2/h3-7,9-12,15-18,24-25H,14H2,1-2H3. The van der Waals surface area contributed by atoms with Gasteiger partial charge < -0.3 is 0 Å². The average Bonchev–Trinajstić information content (AvgIpc) is 2.69. The summed E-state index contributed by atoms with van der Waals surface area (Å²) in [6, 6.07) is 23.9. The number of rotatable bonds is 5. The van der Waals surface area contributed by atoms with Crippen molar-refractivity contribution in [2.24, 2.45) is 0 Å². The molecule has 0 aliphatic rings. The normalized spacial score (nSPS) is 12.1. The van der Waals surface area contributed by atoms with Gasteiger partial charge in [0.05, 0.1) is 10.9 Å². The van der Waals surface area contributed by atoms with Crippen molar-refractivity contribution in [2.45, 2.75) is 31.2 Å². The molecule has 0 saturated heterocycles. The molecule has 28 heavy (non-hydrogen) atoms. The van der Waals surface area contributed by atoms with E-state index in [0.29, 0.717) is 6.42 Å². The number of nitrogens with one attached hydrogen (secondary N) is 1. The fourth-order valence-electron chi connectivity index (χ4n) is 2.85. The molecule has 0 saturated carbocycles. The van der Waals surface area contributed by atoms with Crippen LogP contribution in [-0.4, -0.2) is 8.42 Å². The van der Waals surface area contributed by atoms with Gasteiger partial charge >= 0.3 is 0 Å². The third-order valence-corrected chi connectivity index (χ3v) is 5.99. The minimum Gasteiger partial charge on any atom is -0.207 e. The molecule has 0 amide bonds. The third kappa shape index (κ3) is 5.10. The first kappa shape index (κ1) is 19.9. The van der Waals surface area contributed by atoms with Gasteiger partial charge in [0.1, 0.15) is 0 Å². The highest BCUT2D eigenvalue weighted by Gasteiger charge is 2.20. The van der Waals surface area contributed by atoms with Crippen molar-refractivity contribution >= 4 is 10.0 Å². The molecule has 3 aromatic carbocycles. The molecule has 3 aromatic rings. The van der Waals surface area contributed by atoms with Gasteiger partial charge in [0, 0.05) is 12.0 Å². The molecular formula is C24H23NO2S. The Kier molecular flexibility index (Phi) is 6.30. The zero-order valence-corrected chi connectivity index (χ0v) is 16.8. The first-order valence-electron chi connectivity index (χ1n) is 9.14. The molecule has 0 heterocycles. The lowest BCUT2D eigenvalue weighted by Crippen LogP contribution is -2.28. The summed E-state index contributed by atoms with van der Waals surface area (Å²) in [5, 5.41) is 0. The Labute approximate surface area is 167 Å². The fraction of sp³-hybridized carbons (Fsp3) is 0.167. The quantitative estimate of drug-likeness (QED) is 0.639. The van der Waals surface area contributed by atoms with Crippen molar-refractivity contribution < 1.29 is 8.42 Å². The van der Waals surface area contributed by atoms with E-state index in [1.54, 1.807) is 24.3 Å². The van der Waals surface area contributed by atoms with Crippen LogP contribution in [0.25, 0.3) is 0 Å². The van der Waals surface area contributed by atoms with Gasteiger partial charge in [0.15, 0.2) is 0 Å². The van der Waals surface area contributed by atoms with E-state index < -0.39 is 16.1 Å². The molecule has 0 spiro atoms. The molecule has 3 nitrogen and oxygen atoms in total. The first-order valence-corrected chi connectivity index (χ1v) is 10.6. The molecule has 1 unspecified atom stereocenters. The van der Waals surface area contributed by atoms with Crippen LogP contribution in [0.5, 0.6) is 0 Å². The second-order valence-electron chi connectivity index (χ2n) is 6.72. The van der Waals surface area contributed by atoms with Crippen molar-refractivity contribution in [3.63, 3.8) is 0 Å². The van der Waals surface area contributed by atoms with Gasteiger partial charge in [-0.2, -0.15) is 0 Å². The zero-order chi connectivity index (χ0) is 20.0. The highest BCUT2D eigenvalue weighted by molar-refractivity contribution is 7.89. The number of aryl methyl sites for hydroxylation is 2. The van der Waals surface area contributed by atoms with Crippen LogP contribution in [0.3, 0.4) is 0 Å². The molecule has 0 aliphatic heterocycles. The maximum atomic E-state index is 12.9. The van der Waals surface area contributed by atoms with Crippen molar-refractivity contribution in [1.29, 1.82) is 0 Å². The Hall–Kier alpha value is -2.87. The van der Waals surface area contributed by atoms with E-state index in [9.17, 15) is 8.42 Å². The number of benzene rings is 3. The summed E-state index contributed by atoms with van der Waals surface area (Å²) < 4.78 is 28.5. The van der Waals surface area contributed by atoms with E-state index in [1.165, 1.54) is 0 Å². The molecule has 0 fully saturated rings. The summed E-state index contributed by atoms with van der Waals surface area (Å²) in [6.45, 7) is 3.94. The molecule has 142 valence electrons. The smallest absolute Gasteiger partial charge is 0.207 e. The molecule has 0 aromatic heterocycles. The molecule has 1 atom stereocenters. The molecular weight excluding hydrogens is 366 g/mol. The van der Waals surface area contributed by atoms with Crippen LogP contribution in [0.15, 0.2) is 83.8 Å². The summed E-state index contributed by atoms with van der Waals surface area (Å²) in [7, 11) is -3.65. The highest BCUT2D eigenvalue weighted by Crippen LogP contribution is 2.20. The van der Waals surface area contributed by atoms with Crippen molar-refractivity contribution in [2.75, 3.05) is 0 Å². The predicted octanol–water partition coefficient (Wildman–Crippen LogP) is 4.76. The Morgan fingerprint density at radius 3 is 2.18 bits per heavy atom. The largest absolute Gasteiger partial charge is 0.241 e. The minimum absolute atomic E-state index is 0.255. The molecule has 0 radical (unpaired) electrons. The van der Waals surface area contributed by atoms with Crippen LogP contribution >= 0.6 is 0 Å². The molecule has 1 N–H and O–H groups in total. The number of hydrogen-bond acceptors (Lipinski definition) is 2. The fourth-order valence-corrected chi connectivity index (χ4v) is 4.07. The van der Waals surface area contributed by atoms with Gasteiger partial charge in [-0.3, -0.25) is 0 Å². The predicted molar refractivity (Wildman–Crippen MR) is 113 cm³/mol. The lowest BCUT2D eigenvalue weighted by molar-refractivity contribution is 0.559. The van der Waals surface area contributed by atoms with Gasteiger partial charge in [0.25, 0.3) is 0 Å². The van der Waals surface area contributed by atoms with Crippen molar-refractivity contribution in [3.05, 3.63) is 101 Å². The molecule has 0 aliphatic carbocycles. The van der Waals surface area contributed by atoms with E-state index in [-0.39, 0.29) is 4.90 Å². The summed E-state index contributed by atoms with van der Waals surface area (Å²) >= 11 is 0. The summed E-state index contributed by atoms with van der Waals surface area (Å²) in [5.74, 6) is 6.31. The van der Waals surface area contributed by atoms with Gasteiger partial charge in [-0.25, -0.2) is 13.1 Å². The third-order valence-electron chi connectivity index (χ3n) is 4.50. The minimum atomic E-state index is -3.65. The van der Waals surface area contributed by atoms with Crippen LogP contribution in [0.2, 0.25) is 0 Å². The van der Waals surface area contributed by atoms with Gasteiger partial charge in [-0.05, 0) is 43.2 Å². The second kappa shape index (κ2) is 8.88. The molecule has 0 bridgehead atoms. The van der Waals surface area contributed by atoms with E-state index in [0.717, 1.165) is 22.3 Å². The van der Waals surface area contributed by atoms with Crippen LogP contribution in [0.4, 0.5) is 0 Å². The molecule has 4 heteroatoms. The Balaban J connectivity index is 1.86. The lowest BCUT2D eigenvalue weighted by Gasteiger charge is -2.17. The zero-order valence-electron chi connectivity index (χ0n) is 16.0. The van der Waals surface area contributed by atoms with Crippen LogP contribution in [-0.2, 0) is 10.0 Å². The monoisotopic (exact) mass is 389 g/mol. The maximum Gasteiger partial charge on any atom is 0.241 e. The van der Waals surface area contributed by atoms with Crippen molar-refractivity contribution in [1.82, 2.24) is 4.72 Å². The SMILES string of the molecule is Cc1ccc(S(=O)(=O)NC(CC#Cc2ccccc2C)c2ccccc2)cc1. The van der Waals surface area contributed by atoms with Crippen LogP contribution in [0.1, 0.15) is 34.7 Å². The highest BCUT2D eigenvalue weighted by atomic mass is 32.2. The maximum absolute atomic E-state index is 12.9. The van der Waals surface area contributed by atoms with Crippen LogP contribution in [0, 0.1) is 25.7 Å². The number of sulfonamides is 1. The van der Waals surface area contributed by atoms with E-state index in [1.807, 2.05) is 68.4 Å². The summed E-state index contributed by atoms with van der Waals surface area (Å²) in [6.07, 6.45) is 0.378. The average molecular weight is 390 g/mol. The van der Waals surface area contributed by atoms with Gasteiger partial charge in [-0.1, -0.05) is 78.1 Å². The van der Waals surface area contributed by atoms with Gasteiger partial charge in [-0.15, -0.1) is 0 Å². The Bertz CT molecular complexity index is 1090. The van der Waals surface area contributed by atoms with E-state index >= 15 is 0 Å². The van der Waals surface area contributed by atoms with E-state index in [4.69, 9.17) is 0 Å². The van der Waals surface area contributed by atoms with Gasteiger partial charge in [0.2, 0.25) is 10.0 Å².